The molecule has 2 nitrogen and oxygen atoms in total. The molecule has 1 aromatic heterocycles. The lowest BCUT2D eigenvalue weighted by Gasteiger charge is -2.25. The van der Waals surface area contributed by atoms with E-state index in [4.69, 9.17) is 11.6 Å². The zero-order valence-corrected chi connectivity index (χ0v) is 13.2. The van der Waals surface area contributed by atoms with Crippen molar-refractivity contribution >= 4 is 17.7 Å². The molecule has 1 aliphatic heterocycles. The van der Waals surface area contributed by atoms with Crippen molar-refractivity contribution < 1.29 is 0 Å². The maximum atomic E-state index is 5.79. The maximum Gasteiger partial charge on any atom is 0.129 e. The second-order valence-electron chi connectivity index (χ2n) is 5.50. The quantitative estimate of drug-likeness (QED) is 0.768. The van der Waals surface area contributed by atoms with E-state index in [0.717, 1.165) is 31.6 Å². The van der Waals surface area contributed by atoms with E-state index in [1.165, 1.54) is 11.1 Å². The molecule has 0 radical (unpaired) electrons. The summed E-state index contributed by atoms with van der Waals surface area (Å²) in [4.78, 5) is 6.56. The molecule has 0 unspecified atom stereocenters. The Hall–Kier alpha value is -1.90. The van der Waals surface area contributed by atoms with Crippen molar-refractivity contribution in [2.45, 2.75) is 13.0 Å². The minimum atomic E-state index is 0.533. The summed E-state index contributed by atoms with van der Waals surface area (Å²) in [7, 11) is 0. The second kappa shape index (κ2) is 7.39. The zero-order chi connectivity index (χ0) is 15.2. The minimum Gasteiger partial charge on any atom is -0.295 e. The van der Waals surface area contributed by atoms with Gasteiger partial charge in [-0.3, -0.25) is 4.90 Å². The van der Waals surface area contributed by atoms with Gasteiger partial charge in [0.1, 0.15) is 5.15 Å². The largest absolute Gasteiger partial charge is 0.295 e. The van der Waals surface area contributed by atoms with Crippen LogP contribution in [0.4, 0.5) is 0 Å². The van der Waals surface area contributed by atoms with E-state index in [9.17, 15) is 0 Å². The van der Waals surface area contributed by atoms with Crippen LogP contribution in [-0.4, -0.2) is 23.0 Å². The number of hydrogen-bond acceptors (Lipinski definition) is 2. The number of pyridine rings is 1. The first kappa shape index (κ1) is 15.0. The van der Waals surface area contributed by atoms with Gasteiger partial charge in [0.05, 0.1) is 0 Å². The second-order valence-corrected chi connectivity index (χ2v) is 5.88. The van der Waals surface area contributed by atoms with E-state index < -0.39 is 0 Å². The van der Waals surface area contributed by atoms with Crippen molar-refractivity contribution in [3.8, 4) is 0 Å². The Kier molecular flexibility index (Phi) is 5.04. The fraction of sp³-hybridized carbons (Fsp3) is 0.211. The molecule has 0 spiro atoms. The topological polar surface area (TPSA) is 16.1 Å². The molecule has 0 aliphatic carbocycles. The zero-order valence-electron chi connectivity index (χ0n) is 12.5. The van der Waals surface area contributed by atoms with Gasteiger partial charge in [0.15, 0.2) is 0 Å². The Labute approximate surface area is 136 Å². The summed E-state index contributed by atoms with van der Waals surface area (Å²) in [5.41, 5.74) is 3.85. The number of nitrogens with zero attached hydrogens (tertiary/aromatic N) is 2. The van der Waals surface area contributed by atoms with Crippen LogP contribution in [-0.2, 0) is 6.54 Å². The molecule has 3 heteroatoms. The van der Waals surface area contributed by atoms with Gasteiger partial charge in [0, 0.05) is 25.8 Å². The summed E-state index contributed by atoms with van der Waals surface area (Å²) < 4.78 is 0. The Morgan fingerprint density at radius 2 is 1.95 bits per heavy atom. The number of aromatic nitrogens is 1. The SMILES string of the molecule is Clc1ccc(/C=C/C2=CCN(Cc3ccccc3)CC2)cn1. The Morgan fingerprint density at radius 1 is 1.09 bits per heavy atom. The molecule has 0 saturated heterocycles. The predicted molar refractivity (Wildman–Crippen MR) is 92.7 cm³/mol. The summed E-state index contributed by atoms with van der Waals surface area (Å²) in [6.45, 7) is 3.13. The number of halogens is 1. The third-order valence-electron chi connectivity index (χ3n) is 3.82. The molecule has 0 saturated carbocycles. The van der Waals surface area contributed by atoms with E-state index in [2.05, 4.69) is 58.4 Å². The van der Waals surface area contributed by atoms with Crippen LogP contribution >= 0.6 is 11.6 Å². The standard InChI is InChI=1S/C19H19ClN2/c20-19-9-8-17(14-21-19)7-6-16-10-12-22(13-11-16)15-18-4-2-1-3-5-18/h1-10,14H,11-13,15H2/b7-6+. The highest BCUT2D eigenvalue weighted by Gasteiger charge is 2.10. The molecular formula is C19H19ClN2. The molecule has 0 bridgehead atoms. The highest BCUT2D eigenvalue weighted by molar-refractivity contribution is 6.29. The summed E-state index contributed by atoms with van der Waals surface area (Å²) in [6.07, 6.45) is 9.48. The van der Waals surface area contributed by atoms with Crippen LogP contribution in [0.3, 0.4) is 0 Å². The van der Waals surface area contributed by atoms with E-state index in [-0.39, 0.29) is 0 Å². The highest BCUT2D eigenvalue weighted by Crippen LogP contribution is 2.16. The van der Waals surface area contributed by atoms with E-state index in [1.807, 2.05) is 12.1 Å². The molecule has 0 fully saturated rings. The van der Waals surface area contributed by atoms with Gasteiger partial charge in [-0.1, -0.05) is 66.2 Å². The Bertz CT molecular complexity index is 660. The maximum absolute atomic E-state index is 5.79. The first-order valence-corrected chi connectivity index (χ1v) is 7.92. The number of benzene rings is 1. The van der Waals surface area contributed by atoms with Crippen molar-refractivity contribution in [3.63, 3.8) is 0 Å². The fourth-order valence-corrected chi connectivity index (χ4v) is 2.66. The third kappa shape index (κ3) is 4.30. The first-order chi connectivity index (χ1) is 10.8. The average Bonchev–Trinajstić information content (AvgIpc) is 2.57. The molecule has 1 aromatic carbocycles. The van der Waals surface area contributed by atoms with Crippen LogP contribution in [0.15, 0.2) is 66.4 Å². The summed E-state index contributed by atoms with van der Waals surface area (Å²) in [5, 5.41) is 0.533. The Balaban J connectivity index is 1.56. The van der Waals surface area contributed by atoms with Crippen molar-refractivity contribution in [1.29, 1.82) is 0 Å². The van der Waals surface area contributed by atoms with Gasteiger partial charge in [-0.2, -0.15) is 0 Å². The van der Waals surface area contributed by atoms with Crippen molar-refractivity contribution in [1.82, 2.24) is 9.88 Å². The normalized spacial score (nSPS) is 16.0. The summed E-state index contributed by atoms with van der Waals surface area (Å²) in [6, 6.07) is 14.4. The van der Waals surface area contributed by atoms with E-state index >= 15 is 0 Å². The van der Waals surface area contributed by atoms with Gasteiger partial charge in [-0.15, -0.1) is 0 Å². The molecule has 2 heterocycles. The lowest BCUT2D eigenvalue weighted by molar-refractivity contribution is 0.287. The van der Waals surface area contributed by atoms with Crippen molar-refractivity contribution in [2.24, 2.45) is 0 Å². The lowest BCUT2D eigenvalue weighted by Crippen LogP contribution is -2.27. The predicted octanol–water partition coefficient (Wildman–Crippen LogP) is 4.58. The van der Waals surface area contributed by atoms with Crippen LogP contribution in [0.2, 0.25) is 5.15 Å². The van der Waals surface area contributed by atoms with Crippen LogP contribution in [0.25, 0.3) is 6.08 Å². The van der Waals surface area contributed by atoms with E-state index in [0.29, 0.717) is 5.15 Å². The van der Waals surface area contributed by atoms with Gasteiger partial charge >= 0.3 is 0 Å². The molecule has 2 aromatic rings. The van der Waals surface area contributed by atoms with Crippen LogP contribution < -0.4 is 0 Å². The molecule has 0 atom stereocenters. The van der Waals surface area contributed by atoms with Crippen LogP contribution in [0.5, 0.6) is 0 Å². The van der Waals surface area contributed by atoms with E-state index in [1.54, 1.807) is 6.20 Å². The highest BCUT2D eigenvalue weighted by atomic mass is 35.5. The Morgan fingerprint density at radius 3 is 2.64 bits per heavy atom. The summed E-state index contributed by atoms with van der Waals surface area (Å²) >= 11 is 5.79. The monoisotopic (exact) mass is 310 g/mol. The molecule has 112 valence electrons. The van der Waals surface area contributed by atoms with Gasteiger partial charge in [-0.05, 0) is 29.2 Å². The van der Waals surface area contributed by atoms with Crippen LogP contribution in [0.1, 0.15) is 17.5 Å². The molecular weight excluding hydrogens is 292 g/mol. The van der Waals surface area contributed by atoms with Crippen LogP contribution in [0, 0.1) is 0 Å². The number of rotatable bonds is 4. The minimum absolute atomic E-state index is 0.533. The third-order valence-corrected chi connectivity index (χ3v) is 4.04. The molecule has 0 amide bonds. The number of allylic oxidation sites excluding steroid dienone is 1. The van der Waals surface area contributed by atoms with Gasteiger partial charge < -0.3 is 0 Å². The molecule has 22 heavy (non-hydrogen) atoms. The smallest absolute Gasteiger partial charge is 0.129 e. The summed E-state index contributed by atoms with van der Waals surface area (Å²) in [5.74, 6) is 0. The van der Waals surface area contributed by atoms with Gasteiger partial charge in [0.2, 0.25) is 0 Å². The molecule has 3 rings (SSSR count). The van der Waals surface area contributed by atoms with Gasteiger partial charge in [-0.25, -0.2) is 4.98 Å². The molecule has 0 N–H and O–H groups in total. The molecule has 1 aliphatic rings. The number of hydrogen-bond donors (Lipinski definition) is 0. The van der Waals surface area contributed by atoms with Gasteiger partial charge in [0.25, 0.3) is 0 Å². The lowest BCUT2D eigenvalue weighted by atomic mass is 10.1. The first-order valence-electron chi connectivity index (χ1n) is 7.54. The van der Waals surface area contributed by atoms with Crippen molar-refractivity contribution in [3.05, 3.63) is 82.7 Å². The average molecular weight is 311 g/mol. The fourth-order valence-electron chi connectivity index (χ4n) is 2.55. The van der Waals surface area contributed by atoms with Crippen molar-refractivity contribution in [2.75, 3.05) is 13.1 Å².